The molecule has 1 aromatic heterocycles. The van der Waals surface area contributed by atoms with Gasteiger partial charge in [0.15, 0.2) is 0 Å². The Labute approximate surface area is 124 Å². The minimum Gasteiger partial charge on any atom is -0.345 e. The number of fused-ring (bicyclic) bond motifs is 3. The molecule has 0 unspecified atom stereocenters. The monoisotopic (exact) mass is 289 g/mol. The lowest BCUT2D eigenvalue weighted by molar-refractivity contribution is 0.566. The number of halogens is 1. The Kier molecular flexibility index (Phi) is 3.81. The predicted octanol–water partition coefficient (Wildman–Crippen LogP) is 3.56. The highest BCUT2D eigenvalue weighted by Crippen LogP contribution is 2.36. The van der Waals surface area contributed by atoms with E-state index < -0.39 is 0 Å². The molecule has 0 amide bonds. The third kappa shape index (κ3) is 2.74. The molecule has 2 aromatic rings. The number of hydrogen-bond acceptors (Lipinski definition) is 2. The Hall–Kier alpha value is -1.32. The molecule has 3 nitrogen and oxygen atoms in total. The van der Waals surface area contributed by atoms with Crippen LogP contribution in [0.2, 0.25) is 5.02 Å². The van der Waals surface area contributed by atoms with Crippen LogP contribution < -0.4 is 5.32 Å². The van der Waals surface area contributed by atoms with Crippen molar-refractivity contribution >= 4 is 11.6 Å². The molecule has 0 saturated heterocycles. The SMILES string of the molecule is CC(C)NCCCc1nc2c([nH]1)Cc1cc(Cl)ccc1-2. The molecule has 0 atom stereocenters. The van der Waals surface area contributed by atoms with Gasteiger partial charge in [0.25, 0.3) is 0 Å². The van der Waals surface area contributed by atoms with Crippen molar-refractivity contribution in [3.63, 3.8) is 0 Å². The quantitative estimate of drug-likeness (QED) is 0.705. The summed E-state index contributed by atoms with van der Waals surface area (Å²) < 4.78 is 0. The van der Waals surface area contributed by atoms with E-state index in [1.54, 1.807) is 0 Å². The predicted molar refractivity (Wildman–Crippen MR) is 83.3 cm³/mol. The summed E-state index contributed by atoms with van der Waals surface area (Å²) in [6.07, 6.45) is 3.02. The first-order valence-electron chi connectivity index (χ1n) is 7.23. The summed E-state index contributed by atoms with van der Waals surface area (Å²) in [5.41, 5.74) is 4.85. The van der Waals surface area contributed by atoms with Gasteiger partial charge in [-0.3, -0.25) is 0 Å². The average molecular weight is 290 g/mol. The van der Waals surface area contributed by atoms with E-state index in [-0.39, 0.29) is 0 Å². The van der Waals surface area contributed by atoms with Gasteiger partial charge in [0.2, 0.25) is 0 Å². The summed E-state index contributed by atoms with van der Waals surface area (Å²) >= 11 is 6.04. The Bertz CT molecular complexity index is 616. The second kappa shape index (κ2) is 5.58. The van der Waals surface area contributed by atoms with E-state index in [4.69, 9.17) is 16.6 Å². The van der Waals surface area contributed by atoms with E-state index in [1.807, 2.05) is 12.1 Å². The van der Waals surface area contributed by atoms with E-state index in [2.05, 4.69) is 30.2 Å². The van der Waals surface area contributed by atoms with Crippen LogP contribution in [0.1, 0.15) is 37.4 Å². The number of imidazole rings is 1. The van der Waals surface area contributed by atoms with Crippen LogP contribution in [0, 0.1) is 0 Å². The first kappa shape index (κ1) is 13.7. The van der Waals surface area contributed by atoms with E-state index in [9.17, 15) is 0 Å². The van der Waals surface area contributed by atoms with Crippen molar-refractivity contribution in [3.8, 4) is 11.3 Å². The molecule has 1 aromatic carbocycles. The molecular weight excluding hydrogens is 270 g/mol. The van der Waals surface area contributed by atoms with Gasteiger partial charge in [0.05, 0.1) is 5.69 Å². The Morgan fingerprint density at radius 2 is 2.25 bits per heavy atom. The minimum absolute atomic E-state index is 0.549. The number of hydrogen-bond donors (Lipinski definition) is 2. The molecular formula is C16H20ClN3. The number of nitrogens with one attached hydrogen (secondary N) is 2. The molecule has 0 radical (unpaired) electrons. The Morgan fingerprint density at radius 3 is 3.05 bits per heavy atom. The smallest absolute Gasteiger partial charge is 0.107 e. The van der Waals surface area contributed by atoms with Crippen LogP contribution in [0.4, 0.5) is 0 Å². The van der Waals surface area contributed by atoms with Crippen molar-refractivity contribution in [1.29, 1.82) is 0 Å². The molecule has 0 bridgehead atoms. The standard InChI is InChI=1S/C16H20ClN3/c1-10(2)18-7-3-4-15-19-14-9-11-8-12(17)5-6-13(11)16(14)20-15/h5-6,8,10,18H,3-4,7,9H2,1-2H3,(H,19,20). The van der Waals surface area contributed by atoms with Gasteiger partial charge in [-0.1, -0.05) is 31.5 Å². The number of H-pyrrole nitrogens is 1. The highest BCUT2D eigenvalue weighted by atomic mass is 35.5. The van der Waals surface area contributed by atoms with Crippen LogP contribution >= 0.6 is 11.6 Å². The van der Waals surface area contributed by atoms with Crippen LogP contribution in [0.3, 0.4) is 0 Å². The second-order valence-electron chi connectivity index (χ2n) is 5.70. The molecule has 0 spiro atoms. The first-order valence-corrected chi connectivity index (χ1v) is 7.61. The number of aryl methyl sites for hydroxylation is 1. The van der Waals surface area contributed by atoms with Gasteiger partial charge in [-0.05, 0) is 30.7 Å². The molecule has 1 heterocycles. The van der Waals surface area contributed by atoms with Crippen LogP contribution in [-0.4, -0.2) is 22.6 Å². The van der Waals surface area contributed by atoms with Gasteiger partial charge in [-0.25, -0.2) is 4.98 Å². The highest BCUT2D eigenvalue weighted by Gasteiger charge is 2.22. The van der Waals surface area contributed by atoms with Crippen molar-refractivity contribution < 1.29 is 0 Å². The topological polar surface area (TPSA) is 40.7 Å². The third-order valence-corrected chi connectivity index (χ3v) is 3.90. The van der Waals surface area contributed by atoms with Crippen LogP contribution in [0.15, 0.2) is 18.2 Å². The maximum Gasteiger partial charge on any atom is 0.107 e. The van der Waals surface area contributed by atoms with Crippen molar-refractivity contribution in [2.45, 2.75) is 39.2 Å². The van der Waals surface area contributed by atoms with E-state index in [1.165, 1.54) is 16.8 Å². The van der Waals surface area contributed by atoms with Gasteiger partial charge < -0.3 is 10.3 Å². The van der Waals surface area contributed by atoms with Crippen LogP contribution in [0.25, 0.3) is 11.3 Å². The molecule has 1 aliphatic rings. The summed E-state index contributed by atoms with van der Waals surface area (Å²) in [5.74, 6) is 1.10. The number of nitrogens with zero attached hydrogens (tertiary/aromatic N) is 1. The number of aromatic nitrogens is 2. The number of benzene rings is 1. The molecule has 1 aliphatic carbocycles. The zero-order chi connectivity index (χ0) is 14.1. The van der Waals surface area contributed by atoms with Crippen molar-refractivity contribution in [1.82, 2.24) is 15.3 Å². The minimum atomic E-state index is 0.549. The summed E-state index contributed by atoms with van der Waals surface area (Å²) in [5, 5.41) is 4.23. The zero-order valence-corrected chi connectivity index (χ0v) is 12.7. The highest BCUT2D eigenvalue weighted by molar-refractivity contribution is 6.30. The van der Waals surface area contributed by atoms with Gasteiger partial charge in [0, 0.05) is 35.2 Å². The maximum absolute atomic E-state index is 6.04. The molecule has 0 aliphatic heterocycles. The van der Waals surface area contributed by atoms with Crippen molar-refractivity contribution in [3.05, 3.63) is 40.3 Å². The van der Waals surface area contributed by atoms with Crippen molar-refractivity contribution in [2.75, 3.05) is 6.54 Å². The fraction of sp³-hybridized carbons (Fsp3) is 0.438. The second-order valence-corrected chi connectivity index (χ2v) is 6.14. The molecule has 0 fully saturated rings. The molecule has 4 heteroatoms. The third-order valence-electron chi connectivity index (χ3n) is 3.66. The summed E-state index contributed by atoms with van der Waals surface area (Å²) in [4.78, 5) is 8.22. The lowest BCUT2D eigenvalue weighted by atomic mass is 10.1. The van der Waals surface area contributed by atoms with Crippen molar-refractivity contribution in [2.24, 2.45) is 0 Å². The molecule has 0 saturated carbocycles. The summed E-state index contributed by atoms with van der Waals surface area (Å²) in [6.45, 7) is 5.38. The van der Waals surface area contributed by atoms with Gasteiger partial charge >= 0.3 is 0 Å². The lowest BCUT2D eigenvalue weighted by Crippen LogP contribution is -2.24. The Balaban J connectivity index is 1.68. The van der Waals surface area contributed by atoms with E-state index in [0.29, 0.717) is 6.04 Å². The fourth-order valence-electron chi connectivity index (χ4n) is 2.71. The van der Waals surface area contributed by atoms with E-state index in [0.717, 1.165) is 42.3 Å². The normalized spacial score (nSPS) is 12.8. The first-order chi connectivity index (χ1) is 9.63. The molecule has 20 heavy (non-hydrogen) atoms. The maximum atomic E-state index is 6.04. The van der Waals surface area contributed by atoms with Gasteiger partial charge in [-0.15, -0.1) is 0 Å². The molecule has 106 valence electrons. The van der Waals surface area contributed by atoms with Gasteiger partial charge in [0.1, 0.15) is 5.82 Å². The van der Waals surface area contributed by atoms with Crippen LogP contribution in [-0.2, 0) is 12.8 Å². The molecule has 3 rings (SSSR count). The average Bonchev–Trinajstić information content (AvgIpc) is 2.90. The summed E-state index contributed by atoms with van der Waals surface area (Å²) in [7, 11) is 0. The zero-order valence-electron chi connectivity index (χ0n) is 12.0. The molecule has 2 N–H and O–H groups in total. The number of aromatic amines is 1. The lowest BCUT2D eigenvalue weighted by Gasteiger charge is -2.06. The Morgan fingerprint density at radius 1 is 1.40 bits per heavy atom. The van der Waals surface area contributed by atoms with E-state index >= 15 is 0 Å². The van der Waals surface area contributed by atoms with Gasteiger partial charge in [-0.2, -0.15) is 0 Å². The summed E-state index contributed by atoms with van der Waals surface area (Å²) in [6, 6.07) is 6.61. The fourth-order valence-corrected chi connectivity index (χ4v) is 2.90. The largest absolute Gasteiger partial charge is 0.345 e. The number of rotatable bonds is 5. The van der Waals surface area contributed by atoms with Crippen LogP contribution in [0.5, 0.6) is 0 Å².